The average Bonchev–Trinajstić information content (AvgIpc) is 2.44. The molecule has 0 bridgehead atoms. The first-order valence-corrected chi connectivity index (χ1v) is 7.61. The maximum Gasteiger partial charge on any atom is 0.119 e. The number of aliphatic hydroxyl groups excluding tert-OH is 1. The molecule has 0 radical (unpaired) electrons. The molecule has 20 heavy (non-hydrogen) atoms. The van der Waals surface area contributed by atoms with Crippen molar-refractivity contribution in [3.05, 3.63) is 59.2 Å². The lowest BCUT2D eigenvalue weighted by atomic mass is 10.0. The molecule has 3 heteroatoms. The lowest BCUT2D eigenvalue weighted by Crippen LogP contribution is -2.03. The Balaban J connectivity index is 2.03. The Hall–Kier alpha value is -1.45. The molecule has 2 nitrogen and oxygen atoms in total. The molecule has 2 aromatic carbocycles. The minimum atomic E-state index is -0.466. The van der Waals surface area contributed by atoms with E-state index in [1.807, 2.05) is 31.2 Å². The SMILES string of the molecule is COc1ccc(C(O)CSc2cccc(C)c2)c(C)c1. The third-order valence-electron chi connectivity index (χ3n) is 3.23. The molecule has 0 fully saturated rings. The van der Waals surface area contributed by atoms with Crippen molar-refractivity contribution in [2.45, 2.75) is 24.8 Å². The molecule has 1 unspecified atom stereocenters. The van der Waals surface area contributed by atoms with Gasteiger partial charge in [0.15, 0.2) is 0 Å². The van der Waals surface area contributed by atoms with E-state index in [0.717, 1.165) is 16.9 Å². The summed E-state index contributed by atoms with van der Waals surface area (Å²) < 4.78 is 5.19. The molecule has 0 aliphatic heterocycles. The van der Waals surface area contributed by atoms with Gasteiger partial charge in [-0.15, -0.1) is 11.8 Å². The molecule has 0 spiro atoms. The predicted molar refractivity (Wildman–Crippen MR) is 84.6 cm³/mol. The molecule has 1 atom stereocenters. The van der Waals surface area contributed by atoms with Gasteiger partial charge in [-0.2, -0.15) is 0 Å². The van der Waals surface area contributed by atoms with E-state index < -0.39 is 6.10 Å². The molecular formula is C17H20O2S. The average molecular weight is 288 g/mol. The zero-order valence-electron chi connectivity index (χ0n) is 12.1. The fourth-order valence-electron chi connectivity index (χ4n) is 2.12. The van der Waals surface area contributed by atoms with E-state index in [9.17, 15) is 5.11 Å². The minimum Gasteiger partial charge on any atom is -0.497 e. The van der Waals surface area contributed by atoms with Crippen molar-refractivity contribution in [2.24, 2.45) is 0 Å². The van der Waals surface area contributed by atoms with Gasteiger partial charge in [0.1, 0.15) is 5.75 Å². The fourth-order valence-corrected chi connectivity index (χ4v) is 3.09. The van der Waals surface area contributed by atoms with Crippen LogP contribution in [0.2, 0.25) is 0 Å². The highest BCUT2D eigenvalue weighted by atomic mass is 32.2. The third-order valence-corrected chi connectivity index (χ3v) is 4.30. The van der Waals surface area contributed by atoms with Crippen molar-refractivity contribution >= 4 is 11.8 Å². The summed E-state index contributed by atoms with van der Waals surface area (Å²) in [5.41, 5.74) is 3.26. The Bertz CT molecular complexity index is 581. The summed E-state index contributed by atoms with van der Waals surface area (Å²) in [5.74, 6) is 1.47. The minimum absolute atomic E-state index is 0.466. The molecule has 2 rings (SSSR count). The zero-order valence-corrected chi connectivity index (χ0v) is 12.9. The molecule has 0 saturated carbocycles. The second kappa shape index (κ2) is 6.82. The summed E-state index contributed by atoms with van der Waals surface area (Å²) in [5, 5.41) is 10.3. The quantitative estimate of drug-likeness (QED) is 0.839. The van der Waals surface area contributed by atoms with Gasteiger partial charge in [-0.1, -0.05) is 23.8 Å². The number of rotatable bonds is 5. The van der Waals surface area contributed by atoms with Crippen molar-refractivity contribution in [3.63, 3.8) is 0 Å². The van der Waals surface area contributed by atoms with Gasteiger partial charge >= 0.3 is 0 Å². The number of hydrogen-bond acceptors (Lipinski definition) is 3. The first-order valence-electron chi connectivity index (χ1n) is 6.62. The first kappa shape index (κ1) is 14.9. The summed E-state index contributed by atoms with van der Waals surface area (Å²) in [6, 6.07) is 14.1. The molecule has 106 valence electrons. The van der Waals surface area contributed by atoms with Crippen molar-refractivity contribution in [1.29, 1.82) is 0 Å². The number of thioether (sulfide) groups is 1. The van der Waals surface area contributed by atoms with Gasteiger partial charge in [-0.05, 0) is 49.2 Å². The molecular weight excluding hydrogens is 268 g/mol. The summed E-state index contributed by atoms with van der Waals surface area (Å²) in [6.07, 6.45) is -0.466. The van der Waals surface area contributed by atoms with Crippen LogP contribution in [0.3, 0.4) is 0 Å². The number of methoxy groups -OCH3 is 1. The van der Waals surface area contributed by atoms with Crippen LogP contribution in [0.1, 0.15) is 22.8 Å². The van der Waals surface area contributed by atoms with Gasteiger partial charge in [0.05, 0.1) is 13.2 Å². The van der Waals surface area contributed by atoms with Crippen molar-refractivity contribution < 1.29 is 9.84 Å². The number of ether oxygens (including phenoxy) is 1. The number of aryl methyl sites for hydroxylation is 2. The highest BCUT2D eigenvalue weighted by Crippen LogP contribution is 2.28. The standard InChI is InChI=1S/C17H20O2S/c1-12-5-4-6-15(9-12)20-11-17(18)16-8-7-14(19-3)10-13(16)2/h4-10,17-18H,11H2,1-3H3. The van der Waals surface area contributed by atoms with Gasteiger partial charge in [0, 0.05) is 10.6 Å². The van der Waals surface area contributed by atoms with Crippen LogP contribution < -0.4 is 4.74 Å². The number of benzene rings is 2. The number of hydrogen-bond donors (Lipinski definition) is 1. The molecule has 0 aromatic heterocycles. The van der Waals surface area contributed by atoms with E-state index >= 15 is 0 Å². The van der Waals surface area contributed by atoms with E-state index in [1.54, 1.807) is 18.9 Å². The van der Waals surface area contributed by atoms with Gasteiger partial charge in [0.2, 0.25) is 0 Å². The van der Waals surface area contributed by atoms with E-state index in [1.165, 1.54) is 10.5 Å². The Kier molecular flexibility index (Phi) is 5.10. The summed E-state index contributed by atoms with van der Waals surface area (Å²) in [6.45, 7) is 4.08. The lowest BCUT2D eigenvalue weighted by molar-refractivity contribution is 0.203. The van der Waals surface area contributed by atoms with Crippen LogP contribution in [0.25, 0.3) is 0 Å². The molecule has 0 aliphatic rings. The topological polar surface area (TPSA) is 29.5 Å². The number of aliphatic hydroxyl groups is 1. The predicted octanol–water partition coefficient (Wildman–Crippen LogP) is 4.14. The molecule has 1 N–H and O–H groups in total. The maximum atomic E-state index is 10.3. The van der Waals surface area contributed by atoms with Crippen molar-refractivity contribution in [2.75, 3.05) is 12.9 Å². The van der Waals surface area contributed by atoms with Crippen molar-refractivity contribution in [1.82, 2.24) is 0 Å². The van der Waals surface area contributed by atoms with E-state index in [-0.39, 0.29) is 0 Å². The third kappa shape index (κ3) is 3.78. The largest absolute Gasteiger partial charge is 0.497 e. The summed E-state index contributed by atoms with van der Waals surface area (Å²) in [4.78, 5) is 1.19. The molecule has 2 aromatic rings. The molecule has 0 aliphatic carbocycles. The fraction of sp³-hybridized carbons (Fsp3) is 0.294. The smallest absolute Gasteiger partial charge is 0.119 e. The highest BCUT2D eigenvalue weighted by Gasteiger charge is 2.11. The van der Waals surface area contributed by atoms with Crippen LogP contribution in [0, 0.1) is 13.8 Å². The van der Waals surface area contributed by atoms with E-state index in [4.69, 9.17) is 4.74 Å². The molecule has 0 saturated heterocycles. The highest BCUT2D eigenvalue weighted by molar-refractivity contribution is 7.99. The molecule has 0 heterocycles. The Labute approximate surface area is 124 Å². The van der Waals surface area contributed by atoms with Gasteiger partial charge < -0.3 is 9.84 Å². The first-order chi connectivity index (χ1) is 9.60. The normalized spacial score (nSPS) is 12.2. The van der Waals surface area contributed by atoms with Crippen LogP contribution in [0.15, 0.2) is 47.4 Å². The van der Waals surface area contributed by atoms with Gasteiger partial charge in [0.25, 0.3) is 0 Å². The molecule has 0 amide bonds. The maximum absolute atomic E-state index is 10.3. The Morgan fingerprint density at radius 2 is 1.95 bits per heavy atom. The lowest BCUT2D eigenvalue weighted by Gasteiger charge is -2.14. The van der Waals surface area contributed by atoms with Crippen LogP contribution in [-0.2, 0) is 0 Å². The van der Waals surface area contributed by atoms with Crippen LogP contribution >= 0.6 is 11.8 Å². The van der Waals surface area contributed by atoms with Crippen LogP contribution in [0.4, 0.5) is 0 Å². The Morgan fingerprint density at radius 3 is 2.60 bits per heavy atom. The van der Waals surface area contributed by atoms with Gasteiger partial charge in [-0.25, -0.2) is 0 Å². The van der Waals surface area contributed by atoms with E-state index in [0.29, 0.717) is 5.75 Å². The van der Waals surface area contributed by atoms with Gasteiger partial charge in [-0.3, -0.25) is 0 Å². The van der Waals surface area contributed by atoms with Crippen molar-refractivity contribution in [3.8, 4) is 5.75 Å². The monoisotopic (exact) mass is 288 g/mol. The second-order valence-corrected chi connectivity index (χ2v) is 5.96. The van der Waals surface area contributed by atoms with Crippen LogP contribution in [-0.4, -0.2) is 18.0 Å². The summed E-state index contributed by atoms with van der Waals surface area (Å²) in [7, 11) is 1.65. The second-order valence-electron chi connectivity index (χ2n) is 4.87. The van der Waals surface area contributed by atoms with Crippen LogP contribution in [0.5, 0.6) is 5.75 Å². The summed E-state index contributed by atoms with van der Waals surface area (Å²) >= 11 is 1.67. The zero-order chi connectivity index (χ0) is 14.5. The van der Waals surface area contributed by atoms with E-state index in [2.05, 4.69) is 25.1 Å². The Morgan fingerprint density at radius 1 is 1.15 bits per heavy atom.